The number of para-hydroxylation sites is 1. The van der Waals surface area contributed by atoms with Crippen molar-refractivity contribution in [3.05, 3.63) is 42.0 Å². The van der Waals surface area contributed by atoms with Gasteiger partial charge in [-0.3, -0.25) is 0 Å². The van der Waals surface area contributed by atoms with Crippen LogP contribution in [0.15, 0.2) is 30.6 Å². The summed E-state index contributed by atoms with van der Waals surface area (Å²) in [5, 5.41) is 0. The summed E-state index contributed by atoms with van der Waals surface area (Å²) in [4.78, 5) is 4.35. The number of nitrogens with zero attached hydrogens (tertiary/aromatic N) is 2. The zero-order chi connectivity index (χ0) is 13.2. The minimum absolute atomic E-state index is 0.313. The summed E-state index contributed by atoms with van der Waals surface area (Å²) >= 11 is 0. The normalized spacial score (nSPS) is 15.3. The van der Waals surface area contributed by atoms with Crippen LogP contribution < -0.4 is 15.2 Å². The lowest BCUT2D eigenvalue weighted by molar-refractivity contribution is 0.169. The maximum atomic E-state index is 6.34. The second kappa shape index (κ2) is 4.93. The van der Waals surface area contributed by atoms with Gasteiger partial charge in [0.05, 0.1) is 6.04 Å². The fourth-order valence-electron chi connectivity index (χ4n) is 2.35. The van der Waals surface area contributed by atoms with Gasteiger partial charge in [0.2, 0.25) is 0 Å². The zero-order valence-corrected chi connectivity index (χ0v) is 10.9. The highest BCUT2D eigenvalue weighted by atomic mass is 16.6. The van der Waals surface area contributed by atoms with E-state index in [0.29, 0.717) is 13.2 Å². The molecule has 1 aromatic carbocycles. The second-order valence-electron chi connectivity index (χ2n) is 4.42. The highest BCUT2D eigenvalue weighted by molar-refractivity contribution is 5.50. The quantitative estimate of drug-likeness (QED) is 0.911. The average molecular weight is 259 g/mol. The predicted molar refractivity (Wildman–Crippen MR) is 71.4 cm³/mol. The lowest BCUT2D eigenvalue weighted by Crippen LogP contribution is -2.22. The molecule has 1 aromatic heterocycles. The average Bonchev–Trinajstić information content (AvgIpc) is 2.94. The first-order valence-electron chi connectivity index (χ1n) is 6.46. The Morgan fingerprint density at radius 2 is 2.21 bits per heavy atom. The molecule has 0 fully saturated rings. The summed E-state index contributed by atoms with van der Waals surface area (Å²) in [6, 6.07) is 5.48. The van der Waals surface area contributed by atoms with Gasteiger partial charge in [0.15, 0.2) is 11.5 Å². The molecule has 0 amide bonds. The molecule has 1 atom stereocenters. The zero-order valence-electron chi connectivity index (χ0n) is 10.9. The fourth-order valence-corrected chi connectivity index (χ4v) is 2.35. The standard InChI is InChI=1S/C14H17N3O2/c1-2-17-7-6-16-14(17)12(15)10-4-3-5-11-13(10)19-9-8-18-11/h3-7,12H,2,8-9,15H2,1H3. The van der Waals surface area contributed by atoms with Crippen molar-refractivity contribution >= 4 is 0 Å². The summed E-state index contributed by atoms with van der Waals surface area (Å²) in [5.74, 6) is 2.34. The number of hydrogen-bond donors (Lipinski definition) is 1. The van der Waals surface area contributed by atoms with Crippen LogP contribution in [0.3, 0.4) is 0 Å². The van der Waals surface area contributed by atoms with Crippen LogP contribution in [0.1, 0.15) is 24.4 Å². The van der Waals surface area contributed by atoms with Crippen molar-refractivity contribution in [2.24, 2.45) is 5.73 Å². The Kier molecular flexibility index (Phi) is 3.13. The fraction of sp³-hybridized carbons (Fsp3) is 0.357. The van der Waals surface area contributed by atoms with E-state index in [4.69, 9.17) is 15.2 Å². The number of imidazole rings is 1. The number of nitrogens with two attached hydrogens (primary N) is 1. The van der Waals surface area contributed by atoms with Gasteiger partial charge < -0.3 is 19.8 Å². The van der Waals surface area contributed by atoms with Crippen LogP contribution in [0.5, 0.6) is 11.5 Å². The van der Waals surface area contributed by atoms with Crippen molar-refractivity contribution in [1.82, 2.24) is 9.55 Å². The van der Waals surface area contributed by atoms with E-state index in [2.05, 4.69) is 11.9 Å². The highest BCUT2D eigenvalue weighted by Crippen LogP contribution is 2.37. The monoisotopic (exact) mass is 259 g/mol. The van der Waals surface area contributed by atoms with Gasteiger partial charge in [0, 0.05) is 24.5 Å². The van der Waals surface area contributed by atoms with Crippen molar-refractivity contribution in [3.63, 3.8) is 0 Å². The first kappa shape index (κ1) is 12.0. The summed E-state index contributed by atoms with van der Waals surface area (Å²) < 4.78 is 13.3. The van der Waals surface area contributed by atoms with Crippen LogP contribution in [0.4, 0.5) is 0 Å². The molecule has 5 heteroatoms. The number of aromatic nitrogens is 2. The van der Waals surface area contributed by atoms with Crippen LogP contribution >= 0.6 is 0 Å². The van der Waals surface area contributed by atoms with Gasteiger partial charge in [0.25, 0.3) is 0 Å². The van der Waals surface area contributed by atoms with E-state index in [1.165, 1.54) is 0 Å². The molecule has 0 radical (unpaired) electrons. The van der Waals surface area contributed by atoms with Crippen molar-refractivity contribution in [2.75, 3.05) is 13.2 Å². The van der Waals surface area contributed by atoms with E-state index in [1.54, 1.807) is 6.20 Å². The summed E-state index contributed by atoms with van der Waals surface area (Å²) in [6.45, 7) is 4.04. The van der Waals surface area contributed by atoms with Gasteiger partial charge in [-0.2, -0.15) is 0 Å². The third-order valence-electron chi connectivity index (χ3n) is 3.30. The predicted octanol–water partition coefficient (Wildman–Crippen LogP) is 1.72. The summed E-state index contributed by atoms with van der Waals surface area (Å²) in [5.41, 5.74) is 7.26. The minimum atomic E-state index is -0.313. The number of hydrogen-bond acceptors (Lipinski definition) is 4. The molecule has 0 aliphatic carbocycles. The number of ether oxygens (including phenoxy) is 2. The molecule has 2 aromatic rings. The maximum absolute atomic E-state index is 6.34. The molecule has 1 unspecified atom stereocenters. The van der Waals surface area contributed by atoms with E-state index < -0.39 is 0 Å². The van der Waals surface area contributed by atoms with Crippen LogP contribution in [0, 0.1) is 0 Å². The lowest BCUT2D eigenvalue weighted by Gasteiger charge is -2.23. The lowest BCUT2D eigenvalue weighted by atomic mass is 10.0. The van der Waals surface area contributed by atoms with Gasteiger partial charge >= 0.3 is 0 Å². The summed E-state index contributed by atoms with van der Waals surface area (Å²) in [7, 11) is 0. The molecule has 19 heavy (non-hydrogen) atoms. The molecule has 5 nitrogen and oxygen atoms in total. The Morgan fingerprint density at radius 1 is 1.37 bits per heavy atom. The Morgan fingerprint density at radius 3 is 3.05 bits per heavy atom. The van der Waals surface area contributed by atoms with Crippen LogP contribution in [-0.2, 0) is 6.54 Å². The molecule has 2 heterocycles. The molecule has 0 saturated carbocycles. The van der Waals surface area contributed by atoms with E-state index in [1.807, 2.05) is 29.0 Å². The molecule has 0 spiro atoms. The molecule has 100 valence electrons. The number of aryl methyl sites for hydroxylation is 1. The largest absolute Gasteiger partial charge is 0.486 e. The first-order valence-corrected chi connectivity index (χ1v) is 6.46. The SMILES string of the molecule is CCn1ccnc1C(N)c1cccc2c1OCCO2. The van der Waals surface area contributed by atoms with Crippen molar-refractivity contribution in [3.8, 4) is 11.5 Å². The number of benzene rings is 1. The number of rotatable bonds is 3. The summed E-state index contributed by atoms with van der Waals surface area (Å²) in [6.07, 6.45) is 3.70. The molecular weight excluding hydrogens is 242 g/mol. The van der Waals surface area contributed by atoms with Gasteiger partial charge in [-0.15, -0.1) is 0 Å². The molecule has 2 N–H and O–H groups in total. The Bertz CT molecular complexity index is 580. The third kappa shape index (κ3) is 2.06. The third-order valence-corrected chi connectivity index (χ3v) is 3.30. The van der Waals surface area contributed by atoms with Gasteiger partial charge in [-0.05, 0) is 13.0 Å². The Hall–Kier alpha value is -2.01. The second-order valence-corrected chi connectivity index (χ2v) is 4.42. The smallest absolute Gasteiger partial charge is 0.166 e. The first-order chi connectivity index (χ1) is 9.31. The van der Waals surface area contributed by atoms with Crippen molar-refractivity contribution in [1.29, 1.82) is 0 Å². The van der Waals surface area contributed by atoms with Gasteiger partial charge in [-0.1, -0.05) is 12.1 Å². The van der Waals surface area contributed by atoms with Crippen LogP contribution in [0.25, 0.3) is 0 Å². The van der Waals surface area contributed by atoms with Crippen LogP contribution in [-0.4, -0.2) is 22.8 Å². The van der Waals surface area contributed by atoms with Crippen molar-refractivity contribution in [2.45, 2.75) is 19.5 Å². The highest BCUT2D eigenvalue weighted by Gasteiger charge is 2.23. The Labute approximate surface area is 112 Å². The maximum Gasteiger partial charge on any atom is 0.166 e. The molecule has 1 aliphatic heterocycles. The van der Waals surface area contributed by atoms with E-state index in [0.717, 1.165) is 29.4 Å². The Balaban J connectivity index is 2.02. The van der Waals surface area contributed by atoms with Gasteiger partial charge in [0.1, 0.15) is 19.0 Å². The minimum Gasteiger partial charge on any atom is -0.486 e. The van der Waals surface area contributed by atoms with E-state index >= 15 is 0 Å². The molecule has 0 saturated heterocycles. The van der Waals surface area contributed by atoms with Crippen molar-refractivity contribution < 1.29 is 9.47 Å². The topological polar surface area (TPSA) is 62.3 Å². The van der Waals surface area contributed by atoms with Gasteiger partial charge in [-0.25, -0.2) is 4.98 Å². The molecule has 3 rings (SSSR count). The van der Waals surface area contributed by atoms with E-state index in [-0.39, 0.29) is 6.04 Å². The number of fused-ring (bicyclic) bond motifs is 1. The molecule has 0 bridgehead atoms. The van der Waals surface area contributed by atoms with Crippen LogP contribution in [0.2, 0.25) is 0 Å². The van der Waals surface area contributed by atoms with E-state index in [9.17, 15) is 0 Å². The molecular formula is C14H17N3O2. The molecule has 1 aliphatic rings.